The third-order valence-corrected chi connectivity index (χ3v) is 3.03. The van der Waals surface area contributed by atoms with Crippen LogP contribution in [-0.4, -0.2) is 30.0 Å². The van der Waals surface area contributed by atoms with Crippen molar-refractivity contribution < 1.29 is 4.74 Å². The van der Waals surface area contributed by atoms with Gasteiger partial charge in [-0.3, -0.25) is 4.68 Å². The van der Waals surface area contributed by atoms with Crippen LogP contribution in [0.25, 0.3) is 0 Å². The molecular weight excluding hydrogens is 238 g/mol. The zero-order chi connectivity index (χ0) is 13.5. The molecule has 0 aliphatic heterocycles. The summed E-state index contributed by atoms with van der Waals surface area (Å²) in [5.74, 6) is 0. The quantitative estimate of drug-likeness (QED) is 0.828. The van der Waals surface area contributed by atoms with Crippen LogP contribution < -0.4 is 5.32 Å². The third kappa shape index (κ3) is 4.19. The second kappa shape index (κ2) is 7.07. The summed E-state index contributed by atoms with van der Waals surface area (Å²) in [4.78, 5) is 0. The smallest absolute Gasteiger partial charge is 0.0657 e. The first-order valence-corrected chi connectivity index (χ1v) is 6.56. The zero-order valence-corrected chi connectivity index (χ0v) is 11.5. The number of ether oxygens (including phenoxy) is 1. The van der Waals surface area contributed by atoms with Gasteiger partial charge in [0.25, 0.3) is 0 Å². The van der Waals surface area contributed by atoms with Gasteiger partial charge in [0.1, 0.15) is 0 Å². The summed E-state index contributed by atoms with van der Waals surface area (Å²) < 4.78 is 7.24. The van der Waals surface area contributed by atoms with Crippen molar-refractivity contribution in [1.29, 1.82) is 0 Å². The summed E-state index contributed by atoms with van der Waals surface area (Å²) in [6.07, 6.45) is 3.93. The fourth-order valence-electron chi connectivity index (χ4n) is 2.07. The normalized spacial score (nSPS) is 12.5. The molecule has 19 heavy (non-hydrogen) atoms. The fourth-order valence-corrected chi connectivity index (χ4v) is 2.07. The van der Waals surface area contributed by atoms with Crippen LogP contribution in [0, 0.1) is 6.92 Å². The molecule has 0 radical (unpaired) electrons. The van der Waals surface area contributed by atoms with Gasteiger partial charge in [-0.1, -0.05) is 30.3 Å². The Balaban J connectivity index is 1.87. The van der Waals surface area contributed by atoms with E-state index in [9.17, 15) is 0 Å². The lowest BCUT2D eigenvalue weighted by atomic mass is 10.1. The monoisotopic (exact) mass is 259 g/mol. The topological polar surface area (TPSA) is 39.1 Å². The molecule has 1 aromatic carbocycles. The highest BCUT2D eigenvalue weighted by molar-refractivity contribution is 5.18. The maximum Gasteiger partial charge on any atom is 0.0657 e. The van der Waals surface area contributed by atoms with Gasteiger partial charge in [0.2, 0.25) is 0 Å². The van der Waals surface area contributed by atoms with Crippen molar-refractivity contribution in [2.75, 3.05) is 20.3 Å². The molecule has 1 heterocycles. The highest BCUT2D eigenvalue weighted by Crippen LogP contribution is 2.12. The number of aryl methyl sites for hydroxylation is 1. The highest BCUT2D eigenvalue weighted by atomic mass is 16.5. The van der Waals surface area contributed by atoms with E-state index in [2.05, 4.69) is 47.8 Å². The molecule has 4 nitrogen and oxygen atoms in total. The van der Waals surface area contributed by atoms with Gasteiger partial charge in [0.05, 0.1) is 25.4 Å². The van der Waals surface area contributed by atoms with Crippen molar-refractivity contribution >= 4 is 0 Å². The van der Waals surface area contributed by atoms with Gasteiger partial charge < -0.3 is 10.1 Å². The van der Waals surface area contributed by atoms with E-state index in [0.29, 0.717) is 6.61 Å². The van der Waals surface area contributed by atoms with E-state index in [0.717, 1.165) is 13.1 Å². The number of rotatable bonds is 7. The van der Waals surface area contributed by atoms with Gasteiger partial charge in [-0.05, 0) is 18.1 Å². The second-order valence-electron chi connectivity index (χ2n) is 4.65. The molecule has 4 heteroatoms. The number of hydrogen-bond acceptors (Lipinski definition) is 3. The molecular formula is C15H21N3O. The molecule has 0 bridgehead atoms. The third-order valence-electron chi connectivity index (χ3n) is 3.03. The summed E-state index contributed by atoms with van der Waals surface area (Å²) in [5, 5.41) is 7.79. The Morgan fingerprint density at radius 3 is 2.74 bits per heavy atom. The minimum atomic E-state index is 0.225. The molecule has 1 aromatic heterocycles. The Hall–Kier alpha value is -1.65. The van der Waals surface area contributed by atoms with E-state index in [1.54, 1.807) is 7.11 Å². The maximum absolute atomic E-state index is 5.28. The second-order valence-corrected chi connectivity index (χ2v) is 4.65. The fraction of sp³-hybridized carbons (Fsp3) is 0.400. The van der Waals surface area contributed by atoms with E-state index in [1.807, 2.05) is 16.9 Å². The Kier molecular flexibility index (Phi) is 5.12. The first-order valence-electron chi connectivity index (χ1n) is 6.56. The number of methoxy groups -OCH3 is 1. The molecule has 0 saturated carbocycles. The lowest BCUT2D eigenvalue weighted by molar-refractivity contribution is 0.166. The lowest BCUT2D eigenvalue weighted by Crippen LogP contribution is -2.28. The molecule has 0 fully saturated rings. The summed E-state index contributed by atoms with van der Waals surface area (Å²) in [6.45, 7) is 4.45. The number of nitrogens with one attached hydrogen (secondary N) is 1. The Bertz CT molecular complexity index is 481. The van der Waals surface area contributed by atoms with Crippen molar-refractivity contribution in [3.8, 4) is 0 Å². The largest absolute Gasteiger partial charge is 0.383 e. The van der Waals surface area contributed by atoms with Crippen LogP contribution in [0.4, 0.5) is 0 Å². The predicted octanol–water partition coefficient (Wildman–Crippen LogP) is 2.17. The molecule has 2 aromatic rings. The first-order chi connectivity index (χ1) is 9.29. The van der Waals surface area contributed by atoms with Crippen molar-refractivity contribution in [3.05, 3.63) is 53.9 Å². The molecule has 0 spiro atoms. The summed E-state index contributed by atoms with van der Waals surface area (Å²) in [6, 6.07) is 10.6. The van der Waals surface area contributed by atoms with Crippen LogP contribution in [0.2, 0.25) is 0 Å². The Labute approximate surface area is 114 Å². The summed E-state index contributed by atoms with van der Waals surface area (Å²) in [5.41, 5.74) is 2.44. The van der Waals surface area contributed by atoms with Crippen molar-refractivity contribution in [2.24, 2.45) is 0 Å². The number of hydrogen-bond donors (Lipinski definition) is 1. The van der Waals surface area contributed by atoms with Gasteiger partial charge in [-0.25, -0.2) is 0 Å². The van der Waals surface area contributed by atoms with Gasteiger partial charge in [0.15, 0.2) is 0 Å². The lowest BCUT2D eigenvalue weighted by Gasteiger charge is -2.18. The standard InChI is InChI=1S/C15H21N3O/c1-13-10-17-18(11-13)9-8-16-15(12-19-2)14-6-4-3-5-7-14/h3-7,10-11,15-16H,8-9,12H2,1-2H3. The number of benzene rings is 1. The number of nitrogens with zero attached hydrogens (tertiary/aromatic N) is 2. The molecule has 0 aliphatic rings. The zero-order valence-electron chi connectivity index (χ0n) is 11.5. The Morgan fingerprint density at radius 1 is 1.32 bits per heavy atom. The maximum atomic E-state index is 5.28. The number of aromatic nitrogens is 2. The van der Waals surface area contributed by atoms with E-state index in [4.69, 9.17) is 4.74 Å². The minimum Gasteiger partial charge on any atom is -0.383 e. The average molecular weight is 259 g/mol. The first kappa shape index (κ1) is 13.8. The van der Waals surface area contributed by atoms with Crippen LogP contribution in [-0.2, 0) is 11.3 Å². The molecule has 1 N–H and O–H groups in total. The minimum absolute atomic E-state index is 0.225. The predicted molar refractivity (Wildman–Crippen MR) is 76.0 cm³/mol. The molecule has 102 valence electrons. The van der Waals surface area contributed by atoms with Crippen LogP contribution in [0.15, 0.2) is 42.7 Å². The van der Waals surface area contributed by atoms with Gasteiger partial charge in [0, 0.05) is 19.9 Å². The summed E-state index contributed by atoms with van der Waals surface area (Å²) >= 11 is 0. The molecule has 0 aliphatic carbocycles. The van der Waals surface area contributed by atoms with Crippen LogP contribution in [0.5, 0.6) is 0 Å². The van der Waals surface area contributed by atoms with Gasteiger partial charge in [-0.2, -0.15) is 5.10 Å². The van der Waals surface area contributed by atoms with E-state index >= 15 is 0 Å². The SMILES string of the molecule is COCC(NCCn1cc(C)cn1)c1ccccc1. The van der Waals surface area contributed by atoms with Crippen LogP contribution in [0.1, 0.15) is 17.2 Å². The Morgan fingerprint density at radius 2 is 2.11 bits per heavy atom. The molecule has 0 amide bonds. The van der Waals surface area contributed by atoms with Crippen LogP contribution >= 0.6 is 0 Å². The van der Waals surface area contributed by atoms with Crippen molar-refractivity contribution in [1.82, 2.24) is 15.1 Å². The van der Waals surface area contributed by atoms with Gasteiger partial charge >= 0.3 is 0 Å². The highest BCUT2D eigenvalue weighted by Gasteiger charge is 2.09. The van der Waals surface area contributed by atoms with E-state index in [1.165, 1.54) is 11.1 Å². The summed E-state index contributed by atoms with van der Waals surface area (Å²) in [7, 11) is 1.73. The van der Waals surface area contributed by atoms with Gasteiger partial charge in [-0.15, -0.1) is 0 Å². The molecule has 0 saturated heterocycles. The molecule has 2 rings (SSSR count). The molecule has 1 atom stereocenters. The van der Waals surface area contributed by atoms with Crippen LogP contribution in [0.3, 0.4) is 0 Å². The van der Waals surface area contributed by atoms with Crippen molar-refractivity contribution in [3.63, 3.8) is 0 Å². The van der Waals surface area contributed by atoms with E-state index < -0.39 is 0 Å². The molecule has 1 unspecified atom stereocenters. The van der Waals surface area contributed by atoms with Crippen molar-refractivity contribution in [2.45, 2.75) is 19.5 Å². The average Bonchev–Trinajstić information content (AvgIpc) is 2.84. The van der Waals surface area contributed by atoms with E-state index in [-0.39, 0.29) is 6.04 Å².